The number of H-pyrrole nitrogens is 1. The summed E-state index contributed by atoms with van der Waals surface area (Å²) in [5.41, 5.74) is 2.49. The zero-order valence-electron chi connectivity index (χ0n) is 15.7. The highest BCUT2D eigenvalue weighted by molar-refractivity contribution is 5.76. The lowest BCUT2D eigenvalue weighted by Gasteiger charge is -2.37. The van der Waals surface area contributed by atoms with Crippen LogP contribution < -0.4 is 0 Å². The number of nitrogens with one attached hydrogen (secondary N) is 1. The molecule has 3 aromatic rings. The summed E-state index contributed by atoms with van der Waals surface area (Å²) in [6.45, 7) is 1.00. The summed E-state index contributed by atoms with van der Waals surface area (Å²) in [4.78, 5) is 27.5. The summed E-state index contributed by atoms with van der Waals surface area (Å²) < 4.78 is 41.9. The molecule has 2 aliphatic rings. The van der Waals surface area contributed by atoms with Gasteiger partial charge in [-0.05, 0) is 31.7 Å². The number of piperidine rings is 1. The van der Waals surface area contributed by atoms with Gasteiger partial charge in [0.15, 0.2) is 5.65 Å². The molecule has 5 rings (SSSR count). The molecule has 10 heteroatoms. The standard InChI is InChI=1S/C19H21F3N6O/c20-19(21,22)15-4-2-8-27(15)18(29)26-7-1-3-12(11-26)17-25-10-13-9-24-16-14(28(13)17)5-6-23-16/h5-6,9-10,12,15,23H,1-4,7-8,11H2/t12-,15-/m1/s1. The van der Waals surface area contributed by atoms with E-state index in [0.717, 1.165) is 40.2 Å². The van der Waals surface area contributed by atoms with Crippen LogP contribution in [-0.4, -0.2) is 67.0 Å². The number of likely N-dealkylation sites (tertiary alicyclic amines) is 2. The fourth-order valence-corrected chi connectivity index (χ4v) is 4.67. The number of fused-ring (bicyclic) bond motifs is 3. The van der Waals surface area contributed by atoms with E-state index in [9.17, 15) is 18.0 Å². The van der Waals surface area contributed by atoms with E-state index in [-0.39, 0.29) is 18.9 Å². The molecule has 2 fully saturated rings. The molecule has 5 heterocycles. The Morgan fingerprint density at radius 1 is 1.14 bits per heavy atom. The van der Waals surface area contributed by atoms with Gasteiger partial charge >= 0.3 is 12.2 Å². The maximum Gasteiger partial charge on any atom is 0.408 e. The van der Waals surface area contributed by atoms with E-state index in [1.165, 1.54) is 0 Å². The number of urea groups is 1. The summed E-state index contributed by atoms with van der Waals surface area (Å²) >= 11 is 0. The number of nitrogens with zero attached hydrogens (tertiary/aromatic N) is 5. The number of halogens is 3. The van der Waals surface area contributed by atoms with Gasteiger partial charge in [-0.3, -0.25) is 4.40 Å². The number of aromatic nitrogens is 4. The van der Waals surface area contributed by atoms with Crippen molar-refractivity contribution in [1.29, 1.82) is 0 Å². The molecule has 2 amide bonds. The molecule has 2 aliphatic heterocycles. The van der Waals surface area contributed by atoms with Crippen molar-refractivity contribution in [3.63, 3.8) is 0 Å². The lowest BCUT2D eigenvalue weighted by molar-refractivity contribution is -0.170. The van der Waals surface area contributed by atoms with Crippen molar-refractivity contribution >= 4 is 22.7 Å². The molecule has 154 valence electrons. The van der Waals surface area contributed by atoms with Gasteiger partial charge < -0.3 is 14.8 Å². The summed E-state index contributed by atoms with van der Waals surface area (Å²) in [7, 11) is 0. The molecule has 2 atom stereocenters. The largest absolute Gasteiger partial charge is 0.408 e. The average Bonchev–Trinajstić information content (AvgIpc) is 3.44. The van der Waals surface area contributed by atoms with E-state index in [0.29, 0.717) is 19.5 Å². The van der Waals surface area contributed by atoms with E-state index < -0.39 is 18.2 Å². The molecular weight excluding hydrogens is 385 g/mol. The van der Waals surface area contributed by atoms with Crippen LogP contribution in [0, 0.1) is 0 Å². The topological polar surface area (TPSA) is 69.5 Å². The third kappa shape index (κ3) is 3.01. The lowest BCUT2D eigenvalue weighted by atomic mass is 9.97. The van der Waals surface area contributed by atoms with Crippen molar-refractivity contribution in [1.82, 2.24) is 29.2 Å². The molecule has 3 aromatic heterocycles. The van der Waals surface area contributed by atoms with E-state index in [2.05, 4.69) is 15.0 Å². The minimum absolute atomic E-state index is 0.0180. The van der Waals surface area contributed by atoms with Gasteiger partial charge in [0.25, 0.3) is 0 Å². The first kappa shape index (κ1) is 18.3. The minimum atomic E-state index is -4.38. The monoisotopic (exact) mass is 406 g/mol. The molecule has 2 saturated heterocycles. The van der Waals surface area contributed by atoms with Gasteiger partial charge in [-0.1, -0.05) is 0 Å². The Balaban J connectivity index is 1.42. The summed E-state index contributed by atoms with van der Waals surface area (Å²) in [5.74, 6) is 0.779. The number of rotatable bonds is 1. The number of alkyl halides is 3. The van der Waals surface area contributed by atoms with Gasteiger partial charge in [-0.25, -0.2) is 14.8 Å². The number of hydrogen-bond donors (Lipinski definition) is 1. The second kappa shape index (κ2) is 6.64. The molecule has 0 unspecified atom stereocenters. The van der Waals surface area contributed by atoms with Crippen LogP contribution >= 0.6 is 0 Å². The zero-order chi connectivity index (χ0) is 20.2. The Labute approximate surface area is 164 Å². The van der Waals surface area contributed by atoms with Crippen LogP contribution in [0.4, 0.5) is 18.0 Å². The predicted octanol–water partition coefficient (Wildman–Crippen LogP) is 3.54. The second-order valence-corrected chi connectivity index (χ2v) is 7.81. The number of carbonyl (C=O) groups excluding carboxylic acids is 1. The molecule has 0 aliphatic carbocycles. The number of aromatic amines is 1. The molecular formula is C19H21F3N6O. The molecule has 0 bridgehead atoms. The molecule has 0 radical (unpaired) electrons. The van der Waals surface area contributed by atoms with Gasteiger partial charge in [0.05, 0.1) is 23.4 Å². The third-order valence-electron chi connectivity index (χ3n) is 6.02. The Morgan fingerprint density at radius 2 is 1.93 bits per heavy atom. The highest BCUT2D eigenvalue weighted by Crippen LogP contribution is 2.35. The Morgan fingerprint density at radius 3 is 2.76 bits per heavy atom. The number of amides is 2. The second-order valence-electron chi connectivity index (χ2n) is 7.81. The fraction of sp³-hybridized carbons (Fsp3) is 0.526. The van der Waals surface area contributed by atoms with Crippen molar-refractivity contribution in [3.8, 4) is 0 Å². The van der Waals surface area contributed by atoms with Gasteiger partial charge in [-0.15, -0.1) is 0 Å². The van der Waals surface area contributed by atoms with E-state index in [1.54, 1.807) is 17.3 Å². The first-order valence-electron chi connectivity index (χ1n) is 9.85. The lowest BCUT2D eigenvalue weighted by Crippen LogP contribution is -2.52. The van der Waals surface area contributed by atoms with Crippen LogP contribution in [0.5, 0.6) is 0 Å². The summed E-state index contributed by atoms with van der Waals surface area (Å²) in [6, 6.07) is -0.262. The SMILES string of the molecule is O=C(N1CCC[C@@H](c2ncc3cnc4[nH]ccc4n23)C1)N1CCC[C@@H]1C(F)(F)F. The number of hydrogen-bond acceptors (Lipinski definition) is 3. The molecule has 0 spiro atoms. The van der Waals surface area contributed by atoms with Crippen LogP contribution in [0.2, 0.25) is 0 Å². The summed E-state index contributed by atoms with van der Waals surface area (Å²) in [5, 5.41) is 0. The van der Waals surface area contributed by atoms with Crippen LogP contribution in [0.3, 0.4) is 0 Å². The van der Waals surface area contributed by atoms with E-state index >= 15 is 0 Å². The zero-order valence-corrected chi connectivity index (χ0v) is 15.7. The fourth-order valence-electron chi connectivity index (χ4n) is 4.67. The average molecular weight is 406 g/mol. The Hall–Kier alpha value is -2.78. The maximum atomic E-state index is 13.3. The van der Waals surface area contributed by atoms with Crippen molar-refractivity contribution in [3.05, 3.63) is 30.5 Å². The van der Waals surface area contributed by atoms with Crippen LogP contribution in [-0.2, 0) is 0 Å². The van der Waals surface area contributed by atoms with E-state index in [4.69, 9.17) is 0 Å². The van der Waals surface area contributed by atoms with Crippen molar-refractivity contribution in [2.45, 2.75) is 43.8 Å². The molecule has 7 nitrogen and oxygen atoms in total. The molecule has 0 aromatic carbocycles. The predicted molar refractivity (Wildman–Crippen MR) is 99.6 cm³/mol. The highest BCUT2D eigenvalue weighted by Gasteiger charge is 2.49. The van der Waals surface area contributed by atoms with Crippen molar-refractivity contribution < 1.29 is 18.0 Å². The smallest absolute Gasteiger partial charge is 0.345 e. The highest BCUT2D eigenvalue weighted by atomic mass is 19.4. The van der Waals surface area contributed by atoms with Gasteiger partial charge in [0.1, 0.15) is 11.9 Å². The van der Waals surface area contributed by atoms with Crippen LogP contribution in [0.1, 0.15) is 37.4 Å². The molecule has 1 N–H and O–H groups in total. The first-order chi connectivity index (χ1) is 13.9. The third-order valence-corrected chi connectivity index (χ3v) is 6.02. The molecule has 0 saturated carbocycles. The van der Waals surface area contributed by atoms with Crippen molar-refractivity contribution in [2.24, 2.45) is 0 Å². The number of imidazole rings is 1. The van der Waals surface area contributed by atoms with Crippen molar-refractivity contribution in [2.75, 3.05) is 19.6 Å². The first-order valence-corrected chi connectivity index (χ1v) is 9.85. The Bertz CT molecular complexity index is 1060. The molecule has 29 heavy (non-hydrogen) atoms. The Kier molecular flexibility index (Phi) is 4.18. The van der Waals surface area contributed by atoms with Gasteiger partial charge in [0.2, 0.25) is 0 Å². The van der Waals surface area contributed by atoms with Gasteiger partial charge in [0, 0.05) is 31.7 Å². The van der Waals surface area contributed by atoms with Crippen LogP contribution in [0.15, 0.2) is 24.7 Å². The quantitative estimate of drug-likeness (QED) is 0.672. The van der Waals surface area contributed by atoms with Crippen LogP contribution in [0.25, 0.3) is 16.7 Å². The normalized spacial score (nSPS) is 23.4. The van der Waals surface area contributed by atoms with Gasteiger partial charge in [-0.2, -0.15) is 13.2 Å². The maximum absolute atomic E-state index is 13.3. The van der Waals surface area contributed by atoms with E-state index in [1.807, 2.05) is 16.7 Å². The number of carbonyl (C=O) groups is 1. The summed E-state index contributed by atoms with van der Waals surface area (Å²) in [6.07, 6.45) is 2.84. The minimum Gasteiger partial charge on any atom is -0.345 e.